The van der Waals surface area contributed by atoms with Crippen molar-refractivity contribution in [3.05, 3.63) is 74.1 Å². The molecule has 3 aromatic rings. The molecule has 0 saturated carbocycles. The molecule has 0 aliphatic carbocycles. The van der Waals surface area contributed by atoms with Crippen LogP contribution in [0.5, 0.6) is 0 Å². The second-order valence-corrected chi connectivity index (χ2v) is 5.72. The van der Waals surface area contributed by atoms with Gasteiger partial charge in [-0.2, -0.15) is 13.2 Å². The van der Waals surface area contributed by atoms with Gasteiger partial charge in [0.15, 0.2) is 0 Å². The molecule has 5 nitrogen and oxygen atoms in total. The molecule has 0 atom stereocenters. The van der Waals surface area contributed by atoms with Crippen LogP contribution in [0.1, 0.15) is 16.8 Å². The number of fused-ring (bicyclic) bond motifs is 1. The molecule has 2 heterocycles. The fourth-order valence-corrected chi connectivity index (χ4v) is 2.63. The highest BCUT2D eigenvalue weighted by Gasteiger charge is 2.33. The van der Waals surface area contributed by atoms with Gasteiger partial charge >= 0.3 is 11.9 Å². The number of halogens is 3. The Labute approximate surface area is 140 Å². The molecule has 0 fully saturated rings. The van der Waals surface area contributed by atoms with Crippen molar-refractivity contribution in [2.45, 2.75) is 19.6 Å². The molecular weight excluding hydrogens is 335 g/mol. The van der Waals surface area contributed by atoms with Crippen molar-refractivity contribution in [2.24, 2.45) is 7.05 Å². The number of alkyl halides is 3. The zero-order valence-corrected chi connectivity index (χ0v) is 13.5. The van der Waals surface area contributed by atoms with Gasteiger partial charge in [-0.15, -0.1) is 0 Å². The molecule has 0 bridgehead atoms. The van der Waals surface area contributed by atoms with Gasteiger partial charge in [0, 0.05) is 7.05 Å². The Hall–Kier alpha value is -2.90. The van der Waals surface area contributed by atoms with Crippen molar-refractivity contribution >= 4 is 11.0 Å². The summed E-state index contributed by atoms with van der Waals surface area (Å²) in [7, 11) is 1.30. The molecule has 0 N–H and O–H groups in total. The average molecular weight is 349 g/mol. The Morgan fingerprint density at radius 2 is 1.76 bits per heavy atom. The summed E-state index contributed by atoms with van der Waals surface area (Å²) < 4.78 is 40.4. The number of hydrogen-bond donors (Lipinski definition) is 0. The first-order valence-electron chi connectivity index (χ1n) is 7.42. The second kappa shape index (κ2) is 5.87. The topological polar surface area (TPSA) is 56.9 Å². The Bertz CT molecular complexity index is 1080. The standard InChI is InChI=1S/C17H14F3N3O2/c1-10-5-3-4-6-11(10)9-23-15(24)12-7-8-13(17(18,19)20)21-14(12)22(2)16(23)25/h3-8H,9H2,1-2H3. The van der Waals surface area contributed by atoms with Gasteiger partial charge in [0.05, 0.1) is 11.9 Å². The highest BCUT2D eigenvalue weighted by atomic mass is 19.4. The summed E-state index contributed by atoms with van der Waals surface area (Å²) in [6.45, 7) is 1.89. The Morgan fingerprint density at radius 1 is 1.08 bits per heavy atom. The zero-order valence-electron chi connectivity index (χ0n) is 13.5. The Morgan fingerprint density at radius 3 is 2.40 bits per heavy atom. The minimum Gasteiger partial charge on any atom is -0.280 e. The maximum Gasteiger partial charge on any atom is 0.433 e. The molecule has 3 rings (SSSR count). The van der Waals surface area contributed by atoms with E-state index in [9.17, 15) is 22.8 Å². The number of aryl methyl sites for hydroxylation is 2. The lowest BCUT2D eigenvalue weighted by Gasteiger charge is -2.13. The Kier molecular flexibility index (Phi) is 3.98. The van der Waals surface area contributed by atoms with E-state index in [1.807, 2.05) is 19.1 Å². The third-order valence-electron chi connectivity index (χ3n) is 4.07. The predicted molar refractivity (Wildman–Crippen MR) is 86.5 cm³/mol. The largest absolute Gasteiger partial charge is 0.433 e. The first kappa shape index (κ1) is 16.9. The fraction of sp³-hybridized carbons (Fsp3) is 0.235. The third-order valence-corrected chi connectivity index (χ3v) is 4.07. The summed E-state index contributed by atoms with van der Waals surface area (Å²) in [6, 6.07) is 9.06. The van der Waals surface area contributed by atoms with Crippen molar-refractivity contribution in [2.75, 3.05) is 0 Å². The molecule has 0 saturated heterocycles. The van der Waals surface area contributed by atoms with Crippen LogP contribution in [-0.4, -0.2) is 14.1 Å². The van der Waals surface area contributed by atoms with Crippen LogP contribution in [0.15, 0.2) is 46.0 Å². The molecule has 0 aliphatic rings. The molecule has 130 valence electrons. The maximum absolute atomic E-state index is 12.8. The highest BCUT2D eigenvalue weighted by molar-refractivity contribution is 5.74. The molecule has 0 aliphatic heterocycles. The number of benzene rings is 1. The summed E-state index contributed by atoms with van der Waals surface area (Å²) >= 11 is 0. The smallest absolute Gasteiger partial charge is 0.280 e. The predicted octanol–water partition coefficient (Wildman–Crippen LogP) is 2.47. The molecule has 1 aromatic carbocycles. The van der Waals surface area contributed by atoms with Crippen LogP contribution in [0.25, 0.3) is 11.0 Å². The number of hydrogen-bond acceptors (Lipinski definition) is 3. The highest BCUT2D eigenvalue weighted by Crippen LogP contribution is 2.28. The van der Waals surface area contributed by atoms with Gasteiger partial charge in [0.25, 0.3) is 5.56 Å². The van der Waals surface area contributed by atoms with E-state index < -0.39 is 23.1 Å². The second-order valence-electron chi connectivity index (χ2n) is 5.72. The normalized spacial score (nSPS) is 11.9. The van der Waals surface area contributed by atoms with E-state index in [0.29, 0.717) is 0 Å². The molecule has 0 radical (unpaired) electrons. The van der Waals surface area contributed by atoms with Crippen LogP contribution in [-0.2, 0) is 19.8 Å². The van der Waals surface area contributed by atoms with Crippen LogP contribution in [0.2, 0.25) is 0 Å². The molecule has 2 aromatic heterocycles. The first-order valence-corrected chi connectivity index (χ1v) is 7.42. The van der Waals surface area contributed by atoms with Crippen LogP contribution in [0.4, 0.5) is 13.2 Å². The van der Waals surface area contributed by atoms with Crippen LogP contribution in [0, 0.1) is 6.92 Å². The van der Waals surface area contributed by atoms with Gasteiger partial charge in [-0.25, -0.2) is 9.78 Å². The van der Waals surface area contributed by atoms with E-state index >= 15 is 0 Å². The van der Waals surface area contributed by atoms with Crippen LogP contribution >= 0.6 is 0 Å². The third kappa shape index (κ3) is 2.95. The maximum atomic E-state index is 12.8. The van der Waals surface area contributed by atoms with E-state index in [0.717, 1.165) is 32.4 Å². The minimum absolute atomic E-state index is 0.0368. The summed E-state index contributed by atoms with van der Waals surface area (Å²) in [5.41, 5.74) is -1.13. The van der Waals surface area contributed by atoms with Crippen molar-refractivity contribution < 1.29 is 13.2 Å². The lowest BCUT2D eigenvalue weighted by Crippen LogP contribution is -2.40. The lowest BCUT2D eigenvalue weighted by atomic mass is 10.1. The Balaban J connectivity index is 2.24. The van der Waals surface area contributed by atoms with Crippen molar-refractivity contribution in [1.82, 2.24) is 14.1 Å². The van der Waals surface area contributed by atoms with E-state index in [1.165, 1.54) is 7.05 Å². The molecule has 0 amide bonds. The molecular formula is C17H14F3N3O2. The van der Waals surface area contributed by atoms with Crippen LogP contribution in [0.3, 0.4) is 0 Å². The average Bonchev–Trinajstić information content (AvgIpc) is 2.57. The zero-order chi connectivity index (χ0) is 18.4. The summed E-state index contributed by atoms with van der Waals surface area (Å²) in [5.74, 6) is 0. The van der Waals surface area contributed by atoms with Gasteiger partial charge < -0.3 is 0 Å². The number of nitrogens with zero attached hydrogens (tertiary/aromatic N) is 3. The summed E-state index contributed by atoms with van der Waals surface area (Å²) in [4.78, 5) is 28.5. The molecule has 0 unspecified atom stereocenters. The van der Waals surface area contributed by atoms with Gasteiger partial charge in [-0.3, -0.25) is 13.9 Å². The molecule has 8 heteroatoms. The van der Waals surface area contributed by atoms with Crippen molar-refractivity contribution in [3.63, 3.8) is 0 Å². The number of rotatable bonds is 2. The van der Waals surface area contributed by atoms with Gasteiger partial charge in [-0.1, -0.05) is 24.3 Å². The quantitative estimate of drug-likeness (QED) is 0.714. The molecule has 0 spiro atoms. The SMILES string of the molecule is Cc1ccccc1Cn1c(=O)c2ccc(C(F)(F)F)nc2n(C)c1=O. The van der Waals surface area contributed by atoms with Crippen molar-refractivity contribution in [3.8, 4) is 0 Å². The number of pyridine rings is 1. The monoisotopic (exact) mass is 349 g/mol. The van der Waals surface area contributed by atoms with E-state index in [2.05, 4.69) is 4.98 Å². The number of aromatic nitrogens is 3. The van der Waals surface area contributed by atoms with Crippen LogP contribution < -0.4 is 11.2 Å². The first-order chi connectivity index (χ1) is 11.7. The lowest BCUT2D eigenvalue weighted by molar-refractivity contribution is -0.141. The van der Waals surface area contributed by atoms with Gasteiger partial charge in [-0.05, 0) is 30.2 Å². The molecule has 25 heavy (non-hydrogen) atoms. The summed E-state index contributed by atoms with van der Waals surface area (Å²) in [5, 5.41) is -0.0383. The van der Waals surface area contributed by atoms with E-state index in [4.69, 9.17) is 0 Å². The van der Waals surface area contributed by atoms with Crippen molar-refractivity contribution in [1.29, 1.82) is 0 Å². The summed E-state index contributed by atoms with van der Waals surface area (Å²) in [6.07, 6.45) is -4.65. The van der Waals surface area contributed by atoms with Gasteiger partial charge in [0.2, 0.25) is 0 Å². The fourth-order valence-electron chi connectivity index (χ4n) is 2.63. The minimum atomic E-state index is -4.65. The van der Waals surface area contributed by atoms with E-state index in [-0.39, 0.29) is 17.6 Å². The van der Waals surface area contributed by atoms with E-state index in [1.54, 1.807) is 12.1 Å². The van der Waals surface area contributed by atoms with Gasteiger partial charge in [0.1, 0.15) is 11.3 Å².